The van der Waals surface area contributed by atoms with Crippen LogP contribution in [-0.2, 0) is 29.2 Å². The van der Waals surface area contributed by atoms with Gasteiger partial charge in [-0.1, -0.05) is 82.1 Å². The molecule has 2 saturated heterocycles. The van der Waals surface area contributed by atoms with Crippen LogP contribution in [-0.4, -0.2) is 104 Å². The van der Waals surface area contributed by atoms with Gasteiger partial charge in [0.05, 0.1) is 11.8 Å². The number of rotatable bonds is 12. The first kappa shape index (κ1) is 40.4. The molecule has 1 unspecified atom stereocenters. The van der Waals surface area contributed by atoms with Crippen LogP contribution in [0.4, 0.5) is 4.79 Å². The Morgan fingerprint density at radius 1 is 0.872 bits per heavy atom. The van der Waals surface area contributed by atoms with Gasteiger partial charge < -0.3 is 26.2 Å². The van der Waals surface area contributed by atoms with Crippen LogP contribution in [0.2, 0.25) is 0 Å². The minimum atomic E-state index is -3.39. The second-order valence-electron chi connectivity index (χ2n) is 16.2. The number of sulfonamides is 1. The zero-order valence-corrected chi connectivity index (χ0v) is 31.2. The van der Waals surface area contributed by atoms with Crippen LogP contribution in [0, 0.1) is 22.2 Å². The van der Waals surface area contributed by atoms with Crippen molar-refractivity contribution in [1.29, 1.82) is 0 Å². The molecule has 13 nitrogen and oxygen atoms in total. The number of likely N-dealkylation sites (N-methyl/N-ethyl adjacent to an activating group) is 1. The zero-order chi connectivity index (χ0) is 36.1. The van der Waals surface area contributed by atoms with E-state index in [1.54, 1.807) is 0 Å². The van der Waals surface area contributed by atoms with Crippen LogP contribution >= 0.6 is 0 Å². The molecule has 270 valence electrons. The van der Waals surface area contributed by atoms with Gasteiger partial charge in [-0.2, -0.15) is 4.31 Å². The summed E-state index contributed by atoms with van der Waals surface area (Å²) < 4.78 is 26.4. The van der Waals surface area contributed by atoms with Gasteiger partial charge in [-0.25, -0.2) is 13.2 Å². The summed E-state index contributed by atoms with van der Waals surface area (Å²) in [7, 11) is -2.03. The molecule has 5 atom stereocenters. The molecule has 0 spiro atoms. The fourth-order valence-electron chi connectivity index (χ4n) is 6.27. The molecule has 5 amide bonds. The Morgan fingerprint density at radius 3 is 1.96 bits per heavy atom. The summed E-state index contributed by atoms with van der Waals surface area (Å²) in [5.74, 6) is -2.65. The van der Waals surface area contributed by atoms with Gasteiger partial charge in [0.2, 0.25) is 27.6 Å². The number of nitrogens with one attached hydrogen (secondary N) is 4. The molecule has 0 aromatic carbocycles. The SMILES string of the molecule is CCCCC(NC(=O)[C@@H]1[C@@H](C(C)(C)C)CCN1C(=O)[C@@H](NC(=O)N[C@H](CN1CCCS1(=O)=O)C(C)(C)C)C(C)(C)C)C(=O)C(=O)NC. The molecule has 0 aliphatic carbocycles. The molecule has 0 aromatic heterocycles. The fraction of sp³-hybridized carbons (Fsp3) is 0.848. The van der Waals surface area contributed by atoms with Gasteiger partial charge in [0.15, 0.2) is 0 Å². The van der Waals surface area contributed by atoms with E-state index >= 15 is 0 Å². The highest BCUT2D eigenvalue weighted by Crippen LogP contribution is 2.40. The summed E-state index contributed by atoms with van der Waals surface area (Å²) in [5.41, 5.74) is -1.63. The third kappa shape index (κ3) is 10.6. The minimum absolute atomic E-state index is 0.0795. The molecule has 0 saturated carbocycles. The largest absolute Gasteiger partial charge is 0.353 e. The summed E-state index contributed by atoms with van der Waals surface area (Å²) in [5, 5.41) is 10.9. The number of carbonyl (C=O) groups is 5. The van der Waals surface area contributed by atoms with E-state index in [2.05, 4.69) is 21.3 Å². The normalized spacial score (nSPS) is 22.2. The molecule has 47 heavy (non-hydrogen) atoms. The first-order chi connectivity index (χ1) is 21.4. The highest BCUT2D eigenvalue weighted by atomic mass is 32.2. The molecule has 2 rings (SSSR count). The number of hydrogen-bond donors (Lipinski definition) is 4. The second kappa shape index (κ2) is 15.7. The molecule has 4 N–H and O–H groups in total. The highest BCUT2D eigenvalue weighted by molar-refractivity contribution is 7.89. The topological polar surface area (TPSA) is 174 Å². The Kier molecular flexibility index (Phi) is 13.5. The van der Waals surface area contributed by atoms with Gasteiger partial charge in [0.1, 0.15) is 12.1 Å². The monoisotopic (exact) mass is 684 g/mol. The number of hydrogen-bond acceptors (Lipinski definition) is 7. The van der Waals surface area contributed by atoms with Crippen molar-refractivity contribution in [2.75, 3.05) is 32.4 Å². The quantitative estimate of drug-likeness (QED) is 0.229. The van der Waals surface area contributed by atoms with E-state index in [0.717, 1.165) is 6.42 Å². The predicted octanol–water partition coefficient (Wildman–Crippen LogP) is 2.40. The van der Waals surface area contributed by atoms with E-state index in [0.29, 0.717) is 25.8 Å². The van der Waals surface area contributed by atoms with Crippen molar-refractivity contribution in [3.63, 3.8) is 0 Å². The summed E-state index contributed by atoms with van der Waals surface area (Å²) in [6.07, 6.45) is 2.74. The van der Waals surface area contributed by atoms with Crippen molar-refractivity contribution >= 4 is 39.6 Å². The molecule has 2 aliphatic heterocycles. The molecular formula is C33H60N6O7S. The van der Waals surface area contributed by atoms with Gasteiger partial charge in [-0.05, 0) is 41.4 Å². The van der Waals surface area contributed by atoms with Crippen molar-refractivity contribution in [2.24, 2.45) is 22.2 Å². The number of likely N-dealkylation sites (tertiary alicyclic amines) is 1. The molecular weight excluding hydrogens is 624 g/mol. The summed E-state index contributed by atoms with van der Waals surface area (Å²) in [6, 6.07) is -4.15. The molecule has 0 aromatic rings. The lowest BCUT2D eigenvalue weighted by Gasteiger charge is -2.39. The lowest BCUT2D eigenvalue weighted by molar-refractivity contribution is -0.145. The van der Waals surface area contributed by atoms with Gasteiger partial charge in [0, 0.05) is 32.7 Å². The number of unbranched alkanes of at least 4 members (excludes halogenated alkanes) is 1. The zero-order valence-electron chi connectivity index (χ0n) is 30.4. The second-order valence-corrected chi connectivity index (χ2v) is 18.3. The Hall–Kier alpha value is -2.74. The number of carbonyl (C=O) groups excluding carboxylic acids is 5. The Bertz CT molecular complexity index is 1270. The van der Waals surface area contributed by atoms with Crippen molar-refractivity contribution in [3.8, 4) is 0 Å². The summed E-state index contributed by atoms with van der Waals surface area (Å²) in [6.45, 7) is 19.9. The number of ketones is 1. The van der Waals surface area contributed by atoms with E-state index in [-0.39, 0.29) is 36.6 Å². The van der Waals surface area contributed by atoms with Gasteiger partial charge in [0.25, 0.3) is 5.91 Å². The molecule has 0 bridgehead atoms. The predicted molar refractivity (Wildman–Crippen MR) is 182 cm³/mol. The Morgan fingerprint density at radius 2 is 1.49 bits per heavy atom. The molecule has 2 heterocycles. The Labute approximate surface area is 282 Å². The number of Topliss-reactive ketones (excluding diaryl/α,β-unsaturated/α-hetero) is 1. The highest BCUT2D eigenvalue weighted by Gasteiger charge is 2.50. The van der Waals surface area contributed by atoms with Crippen LogP contribution < -0.4 is 21.3 Å². The third-order valence-corrected chi connectivity index (χ3v) is 11.2. The first-order valence-electron chi connectivity index (χ1n) is 16.9. The smallest absolute Gasteiger partial charge is 0.315 e. The van der Waals surface area contributed by atoms with Crippen molar-refractivity contribution in [3.05, 3.63) is 0 Å². The van der Waals surface area contributed by atoms with Crippen molar-refractivity contribution in [2.45, 2.75) is 126 Å². The van der Waals surface area contributed by atoms with Gasteiger partial charge in [-0.3, -0.25) is 19.2 Å². The maximum Gasteiger partial charge on any atom is 0.315 e. The van der Waals surface area contributed by atoms with Gasteiger partial charge in [-0.15, -0.1) is 0 Å². The van der Waals surface area contributed by atoms with Crippen LogP contribution in [0.5, 0.6) is 0 Å². The molecule has 2 aliphatic rings. The Balaban J connectivity index is 2.38. The average Bonchev–Trinajstić information content (AvgIpc) is 3.54. The van der Waals surface area contributed by atoms with Gasteiger partial charge >= 0.3 is 6.03 Å². The standard InChI is InChI=1S/C33H60N6O7S/c1-12-13-15-22(25(40)28(42)34-11)35-27(41)24-21(31(2,3)4)16-18-39(24)29(43)26(33(8,9)10)37-30(44)36-23(32(5,6)7)20-38-17-14-19-47(38,45)46/h21-24,26H,12-20H2,1-11H3,(H,34,42)(H,35,41)(H2,36,37,44)/t21-,22?,23+,24-,26+/m0/s1. The van der Waals surface area contributed by atoms with Crippen LogP contribution in [0.15, 0.2) is 0 Å². The molecule has 0 radical (unpaired) electrons. The summed E-state index contributed by atoms with van der Waals surface area (Å²) >= 11 is 0. The lowest BCUT2D eigenvalue weighted by atomic mass is 9.75. The van der Waals surface area contributed by atoms with Crippen molar-refractivity contribution < 1.29 is 32.4 Å². The van der Waals surface area contributed by atoms with E-state index in [9.17, 15) is 32.4 Å². The third-order valence-electron chi connectivity index (χ3n) is 9.32. The summed E-state index contributed by atoms with van der Waals surface area (Å²) in [4.78, 5) is 68.6. The maximum absolute atomic E-state index is 14.4. The first-order valence-corrected chi connectivity index (χ1v) is 18.5. The van der Waals surface area contributed by atoms with Crippen molar-refractivity contribution in [1.82, 2.24) is 30.5 Å². The van der Waals surface area contributed by atoms with Crippen LogP contribution in [0.1, 0.15) is 101 Å². The maximum atomic E-state index is 14.4. The van der Waals surface area contributed by atoms with Crippen LogP contribution in [0.3, 0.4) is 0 Å². The van der Waals surface area contributed by atoms with E-state index in [4.69, 9.17) is 0 Å². The lowest BCUT2D eigenvalue weighted by Crippen LogP contribution is -2.62. The molecule has 14 heteroatoms. The number of amides is 5. The molecule has 2 fully saturated rings. The van der Waals surface area contributed by atoms with E-state index < -0.39 is 74.6 Å². The van der Waals surface area contributed by atoms with Crippen LogP contribution in [0.25, 0.3) is 0 Å². The fourth-order valence-corrected chi connectivity index (χ4v) is 7.80. The number of nitrogens with zero attached hydrogens (tertiary/aromatic N) is 2. The van der Waals surface area contributed by atoms with E-state index in [1.165, 1.54) is 16.3 Å². The number of urea groups is 1. The average molecular weight is 685 g/mol. The minimum Gasteiger partial charge on any atom is -0.353 e. The van der Waals surface area contributed by atoms with E-state index in [1.807, 2.05) is 69.2 Å².